The topological polar surface area (TPSA) is 64.4 Å². The van der Waals surface area contributed by atoms with Gasteiger partial charge >= 0.3 is 0 Å². The average Bonchev–Trinajstić information content (AvgIpc) is 2.50. The van der Waals surface area contributed by atoms with Crippen molar-refractivity contribution >= 4 is 10.0 Å². The molecule has 0 saturated heterocycles. The van der Waals surface area contributed by atoms with Gasteiger partial charge in [-0.25, -0.2) is 8.42 Å². The largest absolute Gasteiger partial charge is 0.288 e. The van der Waals surface area contributed by atoms with Crippen LogP contribution in [0.25, 0.3) is 0 Å². The van der Waals surface area contributed by atoms with Crippen molar-refractivity contribution in [3.8, 4) is 0 Å². The number of sulfonamides is 1. The van der Waals surface area contributed by atoms with E-state index in [4.69, 9.17) is 0 Å². The van der Waals surface area contributed by atoms with Gasteiger partial charge in [-0.2, -0.15) is 5.10 Å². The summed E-state index contributed by atoms with van der Waals surface area (Å²) in [4.78, 5) is 4.60. The number of hydrogen-bond donors (Lipinski definition) is 0. The zero-order chi connectivity index (χ0) is 10.1. The van der Waals surface area contributed by atoms with E-state index in [1.54, 1.807) is 7.05 Å². The first-order valence-corrected chi connectivity index (χ1v) is 4.95. The van der Waals surface area contributed by atoms with Gasteiger partial charge < -0.3 is 0 Å². The summed E-state index contributed by atoms with van der Waals surface area (Å²) >= 11 is 0. The maximum absolute atomic E-state index is 11.6. The van der Waals surface area contributed by atoms with Crippen molar-refractivity contribution in [3.63, 3.8) is 0 Å². The Morgan fingerprint density at radius 2 is 2.23 bits per heavy atom. The summed E-state index contributed by atoms with van der Waals surface area (Å²) in [5.74, 6) is 0. The SMILES string of the molecule is CON(C)S(=O)(=O)c1ccnn1C. The number of aryl methyl sites for hydroxylation is 1. The normalized spacial score (nSPS) is 12.3. The van der Waals surface area contributed by atoms with Crippen LogP contribution < -0.4 is 0 Å². The summed E-state index contributed by atoms with van der Waals surface area (Å²) < 4.78 is 25.2. The van der Waals surface area contributed by atoms with Crippen LogP contribution in [0.2, 0.25) is 0 Å². The standard InChI is InChI=1S/C6H11N3O3S/c1-8-6(4-5-7-8)13(10,11)9(2)12-3/h4-5H,1-3H3. The third kappa shape index (κ3) is 1.71. The van der Waals surface area contributed by atoms with Gasteiger partial charge in [0.05, 0.1) is 13.3 Å². The van der Waals surface area contributed by atoms with Gasteiger partial charge in [-0.05, 0) is 6.07 Å². The highest BCUT2D eigenvalue weighted by molar-refractivity contribution is 7.88. The molecule has 0 aromatic carbocycles. The van der Waals surface area contributed by atoms with Crippen molar-refractivity contribution in [2.24, 2.45) is 7.05 Å². The summed E-state index contributed by atoms with van der Waals surface area (Å²) in [5, 5.41) is 3.85. The van der Waals surface area contributed by atoms with Gasteiger partial charge in [0, 0.05) is 14.1 Å². The number of nitrogens with zero attached hydrogens (tertiary/aromatic N) is 3. The fourth-order valence-corrected chi connectivity index (χ4v) is 1.92. The molecule has 6 nitrogen and oxygen atoms in total. The van der Waals surface area contributed by atoms with Gasteiger partial charge in [-0.1, -0.05) is 4.47 Å². The predicted octanol–water partition coefficient (Wildman–Crippen LogP) is -0.398. The molecule has 0 unspecified atom stereocenters. The van der Waals surface area contributed by atoms with E-state index in [-0.39, 0.29) is 5.03 Å². The van der Waals surface area contributed by atoms with E-state index < -0.39 is 10.0 Å². The summed E-state index contributed by atoms with van der Waals surface area (Å²) in [6.45, 7) is 0. The van der Waals surface area contributed by atoms with Gasteiger partial charge in [0.1, 0.15) is 0 Å². The Labute approximate surface area is 76.7 Å². The first kappa shape index (κ1) is 10.2. The van der Waals surface area contributed by atoms with Crippen LogP contribution in [-0.4, -0.2) is 36.8 Å². The zero-order valence-corrected chi connectivity index (χ0v) is 8.45. The van der Waals surface area contributed by atoms with E-state index in [2.05, 4.69) is 9.94 Å². The van der Waals surface area contributed by atoms with Crippen molar-refractivity contribution in [3.05, 3.63) is 12.3 Å². The lowest BCUT2D eigenvalue weighted by Gasteiger charge is -2.13. The van der Waals surface area contributed by atoms with Crippen LogP contribution in [0.5, 0.6) is 0 Å². The molecule has 1 rings (SSSR count). The molecule has 0 fully saturated rings. The molecule has 0 bridgehead atoms. The van der Waals surface area contributed by atoms with Gasteiger partial charge in [-0.3, -0.25) is 9.52 Å². The fraction of sp³-hybridized carbons (Fsp3) is 0.500. The lowest BCUT2D eigenvalue weighted by atomic mass is 10.7. The van der Waals surface area contributed by atoms with E-state index in [9.17, 15) is 8.42 Å². The molecule has 0 saturated carbocycles. The van der Waals surface area contributed by atoms with E-state index in [0.29, 0.717) is 0 Å². The predicted molar refractivity (Wildman–Crippen MR) is 45.2 cm³/mol. The minimum atomic E-state index is -3.56. The number of hydrogen-bond acceptors (Lipinski definition) is 4. The second kappa shape index (κ2) is 3.44. The van der Waals surface area contributed by atoms with Crippen LogP contribution >= 0.6 is 0 Å². The minimum Gasteiger partial charge on any atom is -0.288 e. The molecule has 0 N–H and O–H groups in total. The van der Waals surface area contributed by atoms with Gasteiger partial charge in [0.15, 0.2) is 5.03 Å². The molecule has 0 spiro atoms. The van der Waals surface area contributed by atoms with Crippen LogP contribution in [0.3, 0.4) is 0 Å². The lowest BCUT2D eigenvalue weighted by Crippen LogP contribution is -2.27. The summed E-state index contributed by atoms with van der Waals surface area (Å²) in [5.41, 5.74) is 0. The molecule has 0 aliphatic carbocycles. The molecule has 0 radical (unpaired) electrons. The van der Waals surface area contributed by atoms with E-state index in [1.165, 1.54) is 31.1 Å². The van der Waals surface area contributed by atoms with Crippen LogP contribution in [0.15, 0.2) is 17.3 Å². The maximum atomic E-state index is 11.6. The Kier molecular flexibility index (Phi) is 2.69. The Morgan fingerprint density at radius 1 is 1.62 bits per heavy atom. The quantitative estimate of drug-likeness (QED) is 0.630. The molecule has 7 heteroatoms. The number of hydroxylamine groups is 1. The Morgan fingerprint density at radius 3 is 2.62 bits per heavy atom. The zero-order valence-electron chi connectivity index (χ0n) is 7.63. The maximum Gasteiger partial charge on any atom is 0.281 e. The van der Waals surface area contributed by atoms with E-state index >= 15 is 0 Å². The lowest BCUT2D eigenvalue weighted by molar-refractivity contribution is -0.0263. The monoisotopic (exact) mass is 205 g/mol. The minimum absolute atomic E-state index is 0.0943. The molecule has 13 heavy (non-hydrogen) atoms. The smallest absolute Gasteiger partial charge is 0.281 e. The third-order valence-corrected chi connectivity index (χ3v) is 3.39. The van der Waals surface area contributed by atoms with Crippen molar-refractivity contribution < 1.29 is 13.3 Å². The Hall–Kier alpha value is -0.920. The first-order valence-electron chi connectivity index (χ1n) is 3.51. The number of rotatable bonds is 3. The van der Waals surface area contributed by atoms with Crippen LogP contribution in [-0.2, 0) is 21.9 Å². The van der Waals surface area contributed by atoms with Crippen molar-refractivity contribution in [1.82, 2.24) is 14.2 Å². The van der Waals surface area contributed by atoms with Gasteiger partial charge in [-0.15, -0.1) is 0 Å². The summed E-state index contributed by atoms with van der Waals surface area (Å²) in [6.07, 6.45) is 1.41. The molecule has 1 aromatic rings. The molecule has 74 valence electrons. The average molecular weight is 205 g/mol. The second-order valence-corrected chi connectivity index (χ2v) is 4.27. The van der Waals surface area contributed by atoms with Crippen molar-refractivity contribution in [2.45, 2.75) is 5.03 Å². The highest BCUT2D eigenvalue weighted by atomic mass is 32.2. The second-order valence-electron chi connectivity index (χ2n) is 2.39. The molecule has 0 aliphatic heterocycles. The van der Waals surface area contributed by atoms with Crippen LogP contribution in [0, 0.1) is 0 Å². The molecule has 0 atom stereocenters. The highest BCUT2D eigenvalue weighted by Gasteiger charge is 2.23. The molecular weight excluding hydrogens is 194 g/mol. The summed E-state index contributed by atoms with van der Waals surface area (Å²) in [6, 6.07) is 1.41. The molecule has 0 aliphatic rings. The van der Waals surface area contributed by atoms with E-state index in [0.717, 1.165) is 4.47 Å². The first-order chi connectivity index (χ1) is 6.00. The van der Waals surface area contributed by atoms with E-state index in [1.807, 2.05) is 0 Å². The van der Waals surface area contributed by atoms with Gasteiger partial charge in [0.25, 0.3) is 10.0 Å². The highest BCUT2D eigenvalue weighted by Crippen LogP contribution is 2.11. The van der Waals surface area contributed by atoms with Crippen LogP contribution in [0.4, 0.5) is 0 Å². The number of aromatic nitrogens is 2. The molecular formula is C6H11N3O3S. The Bertz CT molecular complexity index is 384. The van der Waals surface area contributed by atoms with Crippen molar-refractivity contribution in [1.29, 1.82) is 0 Å². The van der Waals surface area contributed by atoms with Crippen LogP contribution in [0.1, 0.15) is 0 Å². The molecule has 1 aromatic heterocycles. The fourth-order valence-electron chi connectivity index (χ4n) is 0.845. The Balaban J connectivity index is 3.16. The third-order valence-electron chi connectivity index (χ3n) is 1.64. The molecule has 0 amide bonds. The summed E-state index contributed by atoms with van der Waals surface area (Å²) in [7, 11) is 0.595. The molecule has 1 heterocycles. The van der Waals surface area contributed by atoms with Crippen molar-refractivity contribution in [2.75, 3.05) is 14.2 Å². The van der Waals surface area contributed by atoms with Gasteiger partial charge in [0.2, 0.25) is 0 Å².